The van der Waals surface area contributed by atoms with Crippen molar-refractivity contribution in [2.24, 2.45) is 5.92 Å². The average molecular weight is 255 g/mol. The molecule has 0 saturated heterocycles. The molecule has 1 aliphatic rings. The van der Waals surface area contributed by atoms with Crippen molar-refractivity contribution < 1.29 is 14.3 Å². The Labute approximate surface area is 110 Å². The molecule has 0 aromatic carbocycles. The SMILES string of the molecule is CCC(C)CC(=O)N(CC(=O)OC)C1CCCC1. The zero-order chi connectivity index (χ0) is 13.5. The Morgan fingerprint density at radius 2 is 1.94 bits per heavy atom. The van der Waals surface area contributed by atoms with Crippen LogP contribution in [-0.2, 0) is 14.3 Å². The fraction of sp³-hybridized carbons (Fsp3) is 0.857. The maximum absolute atomic E-state index is 12.3. The summed E-state index contributed by atoms with van der Waals surface area (Å²) in [5.74, 6) is 0.153. The van der Waals surface area contributed by atoms with Crippen molar-refractivity contribution in [3.63, 3.8) is 0 Å². The van der Waals surface area contributed by atoms with Crippen LogP contribution in [0.5, 0.6) is 0 Å². The number of amides is 1. The number of carbonyl (C=O) groups excluding carboxylic acids is 2. The summed E-state index contributed by atoms with van der Waals surface area (Å²) in [6, 6.07) is 0.237. The molecule has 0 heterocycles. The summed E-state index contributed by atoms with van der Waals surface area (Å²) < 4.78 is 4.69. The van der Waals surface area contributed by atoms with Crippen LogP contribution in [0.25, 0.3) is 0 Å². The van der Waals surface area contributed by atoms with Crippen LogP contribution in [0, 0.1) is 5.92 Å². The quantitative estimate of drug-likeness (QED) is 0.684. The molecule has 1 atom stereocenters. The van der Waals surface area contributed by atoms with Gasteiger partial charge in [-0.2, -0.15) is 0 Å². The van der Waals surface area contributed by atoms with E-state index in [0.717, 1.165) is 32.1 Å². The van der Waals surface area contributed by atoms with E-state index in [1.165, 1.54) is 7.11 Å². The van der Waals surface area contributed by atoms with E-state index >= 15 is 0 Å². The van der Waals surface area contributed by atoms with Crippen LogP contribution in [0.4, 0.5) is 0 Å². The Kier molecular flexibility index (Phi) is 6.16. The van der Waals surface area contributed by atoms with Gasteiger partial charge in [-0.15, -0.1) is 0 Å². The fourth-order valence-electron chi connectivity index (χ4n) is 2.40. The molecule has 1 unspecified atom stereocenters. The Morgan fingerprint density at radius 1 is 1.33 bits per heavy atom. The highest BCUT2D eigenvalue weighted by Crippen LogP contribution is 2.25. The summed E-state index contributed by atoms with van der Waals surface area (Å²) in [5, 5.41) is 0. The lowest BCUT2D eigenvalue weighted by Crippen LogP contribution is -2.43. The number of esters is 1. The molecule has 1 aliphatic carbocycles. The number of rotatable bonds is 6. The van der Waals surface area contributed by atoms with E-state index in [9.17, 15) is 9.59 Å². The van der Waals surface area contributed by atoms with Crippen LogP contribution in [0.1, 0.15) is 52.4 Å². The van der Waals surface area contributed by atoms with Crippen molar-refractivity contribution in [1.82, 2.24) is 4.90 Å². The standard InChI is InChI=1S/C14H25NO3/c1-4-11(2)9-13(16)15(10-14(17)18-3)12-7-5-6-8-12/h11-12H,4-10H2,1-3H3. The molecule has 0 bridgehead atoms. The van der Waals surface area contributed by atoms with Gasteiger partial charge in [-0.1, -0.05) is 33.1 Å². The van der Waals surface area contributed by atoms with Crippen molar-refractivity contribution in [3.05, 3.63) is 0 Å². The van der Waals surface area contributed by atoms with E-state index in [0.29, 0.717) is 12.3 Å². The van der Waals surface area contributed by atoms with Gasteiger partial charge in [0.25, 0.3) is 0 Å². The molecule has 0 spiro atoms. The van der Waals surface area contributed by atoms with Gasteiger partial charge in [0.05, 0.1) is 7.11 Å². The lowest BCUT2D eigenvalue weighted by molar-refractivity contribution is -0.149. The Morgan fingerprint density at radius 3 is 2.44 bits per heavy atom. The second kappa shape index (κ2) is 7.39. The minimum atomic E-state index is -0.320. The lowest BCUT2D eigenvalue weighted by Gasteiger charge is -2.28. The molecule has 1 saturated carbocycles. The number of hydrogen-bond donors (Lipinski definition) is 0. The first-order chi connectivity index (χ1) is 8.58. The minimum absolute atomic E-state index is 0.0988. The topological polar surface area (TPSA) is 46.6 Å². The van der Waals surface area contributed by atoms with Gasteiger partial charge < -0.3 is 9.64 Å². The smallest absolute Gasteiger partial charge is 0.325 e. The molecule has 0 aliphatic heterocycles. The van der Waals surface area contributed by atoms with Gasteiger partial charge in [0, 0.05) is 12.5 Å². The first-order valence-corrected chi connectivity index (χ1v) is 6.94. The summed E-state index contributed by atoms with van der Waals surface area (Å²) in [4.78, 5) is 25.4. The second-order valence-electron chi connectivity index (χ2n) is 5.25. The molecular weight excluding hydrogens is 230 g/mol. The molecule has 0 radical (unpaired) electrons. The van der Waals surface area contributed by atoms with Crippen LogP contribution in [0.3, 0.4) is 0 Å². The molecule has 1 amide bonds. The highest BCUT2D eigenvalue weighted by Gasteiger charge is 2.28. The van der Waals surface area contributed by atoms with Crippen LogP contribution in [0.15, 0.2) is 0 Å². The third-order valence-corrected chi connectivity index (χ3v) is 3.83. The van der Waals surface area contributed by atoms with E-state index in [-0.39, 0.29) is 24.5 Å². The number of carbonyl (C=O) groups is 2. The van der Waals surface area contributed by atoms with Gasteiger partial charge in [-0.25, -0.2) is 0 Å². The van der Waals surface area contributed by atoms with Crippen molar-refractivity contribution >= 4 is 11.9 Å². The Balaban J connectivity index is 2.63. The largest absolute Gasteiger partial charge is 0.468 e. The van der Waals surface area contributed by atoms with Crippen LogP contribution < -0.4 is 0 Å². The van der Waals surface area contributed by atoms with Crippen molar-refractivity contribution in [2.45, 2.75) is 58.4 Å². The highest BCUT2D eigenvalue weighted by atomic mass is 16.5. The first kappa shape index (κ1) is 15.0. The molecule has 4 heteroatoms. The van der Waals surface area contributed by atoms with Gasteiger partial charge in [0.15, 0.2) is 0 Å². The van der Waals surface area contributed by atoms with Crippen molar-refractivity contribution in [1.29, 1.82) is 0 Å². The normalized spacial score (nSPS) is 17.5. The van der Waals surface area contributed by atoms with Gasteiger partial charge in [-0.3, -0.25) is 9.59 Å². The zero-order valence-corrected chi connectivity index (χ0v) is 11.8. The van der Waals surface area contributed by atoms with E-state index in [1.807, 2.05) is 0 Å². The first-order valence-electron chi connectivity index (χ1n) is 6.94. The minimum Gasteiger partial charge on any atom is -0.468 e. The predicted octanol–water partition coefficient (Wildman–Crippen LogP) is 2.37. The highest BCUT2D eigenvalue weighted by molar-refractivity contribution is 5.82. The molecule has 1 rings (SSSR count). The van der Waals surface area contributed by atoms with E-state index in [1.54, 1.807) is 4.90 Å². The molecule has 0 N–H and O–H groups in total. The van der Waals surface area contributed by atoms with Crippen LogP contribution in [0.2, 0.25) is 0 Å². The fourth-order valence-corrected chi connectivity index (χ4v) is 2.40. The maximum atomic E-state index is 12.3. The molecule has 104 valence electrons. The molecule has 18 heavy (non-hydrogen) atoms. The van der Waals surface area contributed by atoms with Gasteiger partial charge >= 0.3 is 5.97 Å². The summed E-state index contributed by atoms with van der Waals surface area (Å²) in [6.07, 6.45) is 5.86. The number of nitrogens with zero attached hydrogens (tertiary/aromatic N) is 1. The third kappa shape index (κ3) is 4.31. The molecular formula is C14H25NO3. The van der Waals surface area contributed by atoms with Crippen molar-refractivity contribution in [2.75, 3.05) is 13.7 Å². The molecule has 0 aromatic rings. The summed E-state index contributed by atoms with van der Waals surface area (Å²) in [7, 11) is 1.37. The predicted molar refractivity (Wildman–Crippen MR) is 70.1 cm³/mol. The third-order valence-electron chi connectivity index (χ3n) is 3.83. The maximum Gasteiger partial charge on any atom is 0.325 e. The van der Waals surface area contributed by atoms with Gasteiger partial charge in [0.2, 0.25) is 5.91 Å². The van der Waals surface area contributed by atoms with E-state index in [4.69, 9.17) is 0 Å². The van der Waals surface area contributed by atoms with Gasteiger partial charge in [0.1, 0.15) is 6.54 Å². The number of hydrogen-bond acceptors (Lipinski definition) is 3. The number of ether oxygens (including phenoxy) is 1. The molecule has 1 fully saturated rings. The number of methoxy groups -OCH3 is 1. The summed E-state index contributed by atoms with van der Waals surface area (Å²) in [5.41, 5.74) is 0. The van der Waals surface area contributed by atoms with Crippen LogP contribution >= 0.6 is 0 Å². The summed E-state index contributed by atoms with van der Waals surface area (Å²) >= 11 is 0. The monoisotopic (exact) mass is 255 g/mol. The summed E-state index contributed by atoms with van der Waals surface area (Å²) in [6.45, 7) is 4.26. The lowest BCUT2D eigenvalue weighted by atomic mass is 10.0. The van der Waals surface area contributed by atoms with Gasteiger partial charge in [-0.05, 0) is 18.8 Å². The molecule has 4 nitrogen and oxygen atoms in total. The average Bonchev–Trinajstić information content (AvgIpc) is 2.88. The van der Waals surface area contributed by atoms with Crippen LogP contribution in [-0.4, -0.2) is 36.5 Å². The Bertz CT molecular complexity index is 285. The van der Waals surface area contributed by atoms with E-state index < -0.39 is 0 Å². The molecule has 0 aromatic heterocycles. The van der Waals surface area contributed by atoms with Crippen molar-refractivity contribution in [3.8, 4) is 0 Å². The second-order valence-corrected chi connectivity index (χ2v) is 5.25. The zero-order valence-electron chi connectivity index (χ0n) is 11.8. The van der Waals surface area contributed by atoms with E-state index in [2.05, 4.69) is 18.6 Å². The Hall–Kier alpha value is -1.06.